The quantitative estimate of drug-likeness (QED) is 0.512. The van der Waals surface area contributed by atoms with E-state index in [2.05, 4.69) is 30.8 Å². The third-order valence-corrected chi connectivity index (χ3v) is 5.62. The lowest BCUT2D eigenvalue weighted by Crippen LogP contribution is -2.47. The van der Waals surface area contributed by atoms with E-state index in [0.717, 1.165) is 47.8 Å². The second kappa shape index (κ2) is 8.28. The number of nitrogen functional groups attached to an aromatic ring is 1. The van der Waals surface area contributed by atoms with E-state index in [9.17, 15) is 0 Å². The van der Waals surface area contributed by atoms with Crippen LogP contribution in [0.5, 0.6) is 11.6 Å². The molecule has 3 heterocycles. The molecule has 0 atom stereocenters. The Balaban J connectivity index is 1.35. The minimum absolute atomic E-state index is 0.334. The van der Waals surface area contributed by atoms with Gasteiger partial charge in [0.05, 0.1) is 0 Å². The second-order valence-electron chi connectivity index (χ2n) is 7.30. The molecule has 1 aliphatic heterocycles. The Morgan fingerprint density at radius 1 is 0.871 bits per heavy atom. The normalized spacial score (nSPS) is 14.1. The first-order valence-corrected chi connectivity index (χ1v) is 10.4. The first-order valence-electron chi connectivity index (χ1n) is 10.1. The maximum absolute atomic E-state index is 6.43. The average Bonchev–Trinajstić information content (AvgIpc) is 2.81. The monoisotopic (exact) mass is 432 g/mol. The maximum Gasteiger partial charge on any atom is 0.248 e. The Hall–Kier alpha value is -3.58. The number of hydrogen-bond acceptors (Lipinski definition) is 7. The molecule has 1 fully saturated rings. The number of nitrogens with zero attached hydrogens (tertiary/aromatic N) is 5. The molecule has 2 N–H and O–H groups in total. The van der Waals surface area contributed by atoms with Crippen molar-refractivity contribution in [2.45, 2.75) is 0 Å². The van der Waals surface area contributed by atoms with Gasteiger partial charge in [-0.05, 0) is 30.3 Å². The van der Waals surface area contributed by atoms with Gasteiger partial charge in [-0.25, -0.2) is 4.98 Å². The van der Waals surface area contributed by atoms with E-state index in [0.29, 0.717) is 23.1 Å². The van der Waals surface area contributed by atoms with Gasteiger partial charge in [0.1, 0.15) is 17.5 Å². The fraction of sp³-hybridized carbons (Fsp3) is 0.174. The van der Waals surface area contributed by atoms with Crippen LogP contribution in [0.4, 0.5) is 17.2 Å². The average molecular weight is 433 g/mol. The summed E-state index contributed by atoms with van der Waals surface area (Å²) in [5, 5.41) is 1.73. The molecule has 8 heteroatoms. The molecular weight excluding hydrogens is 412 g/mol. The zero-order valence-corrected chi connectivity index (χ0v) is 17.5. The van der Waals surface area contributed by atoms with Gasteiger partial charge in [-0.2, -0.15) is 4.98 Å². The molecule has 156 valence electrons. The Morgan fingerprint density at radius 3 is 2.48 bits per heavy atom. The van der Waals surface area contributed by atoms with Crippen molar-refractivity contribution in [2.75, 3.05) is 41.7 Å². The highest BCUT2D eigenvalue weighted by molar-refractivity contribution is 6.30. The highest BCUT2D eigenvalue weighted by Gasteiger charge is 2.22. The Labute approximate surface area is 185 Å². The number of para-hydroxylation sites is 1. The number of aromatic nitrogens is 3. The topological polar surface area (TPSA) is 80.4 Å². The third-order valence-electron chi connectivity index (χ3n) is 5.38. The summed E-state index contributed by atoms with van der Waals surface area (Å²) in [5.74, 6) is 1.63. The van der Waals surface area contributed by atoms with Gasteiger partial charge in [0.25, 0.3) is 0 Å². The number of fused-ring (bicyclic) bond motifs is 1. The number of piperazine rings is 1. The van der Waals surface area contributed by atoms with E-state index >= 15 is 0 Å². The van der Waals surface area contributed by atoms with E-state index in [1.807, 2.05) is 48.5 Å². The van der Waals surface area contributed by atoms with Crippen LogP contribution in [0.1, 0.15) is 0 Å². The zero-order valence-electron chi connectivity index (χ0n) is 16.8. The van der Waals surface area contributed by atoms with Crippen LogP contribution in [0, 0.1) is 0 Å². The summed E-state index contributed by atoms with van der Waals surface area (Å²) in [7, 11) is 0. The van der Waals surface area contributed by atoms with Crippen molar-refractivity contribution in [1.82, 2.24) is 15.0 Å². The van der Waals surface area contributed by atoms with Crippen molar-refractivity contribution in [3.63, 3.8) is 0 Å². The third kappa shape index (κ3) is 3.92. The number of hydrogen-bond donors (Lipinski definition) is 1. The number of anilines is 3. The Bertz CT molecular complexity index is 1220. The molecule has 4 aromatic rings. The van der Waals surface area contributed by atoms with Crippen molar-refractivity contribution in [1.29, 1.82) is 0 Å². The number of rotatable bonds is 4. The van der Waals surface area contributed by atoms with Crippen molar-refractivity contribution < 1.29 is 4.74 Å². The van der Waals surface area contributed by atoms with Gasteiger partial charge >= 0.3 is 0 Å². The van der Waals surface area contributed by atoms with E-state index < -0.39 is 0 Å². The maximum atomic E-state index is 6.43. The van der Waals surface area contributed by atoms with Crippen LogP contribution in [-0.2, 0) is 0 Å². The predicted octanol–water partition coefficient (Wildman–Crippen LogP) is 4.38. The molecule has 2 aromatic heterocycles. The predicted molar refractivity (Wildman–Crippen MR) is 124 cm³/mol. The van der Waals surface area contributed by atoms with Gasteiger partial charge in [-0.15, -0.1) is 0 Å². The van der Waals surface area contributed by atoms with Crippen LogP contribution in [0.25, 0.3) is 10.9 Å². The molecule has 31 heavy (non-hydrogen) atoms. The molecule has 1 aliphatic rings. The minimum Gasteiger partial charge on any atom is -0.435 e. The molecule has 0 aliphatic carbocycles. The van der Waals surface area contributed by atoms with Crippen LogP contribution in [0.2, 0.25) is 5.02 Å². The number of halogens is 1. The molecule has 7 nitrogen and oxygen atoms in total. The van der Waals surface area contributed by atoms with Gasteiger partial charge in [-0.3, -0.25) is 4.98 Å². The molecule has 0 spiro atoms. The van der Waals surface area contributed by atoms with E-state index in [1.165, 1.54) is 6.33 Å². The smallest absolute Gasteiger partial charge is 0.248 e. The molecule has 1 saturated heterocycles. The van der Waals surface area contributed by atoms with Crippen LogP contribution < -0.4 is 20.3 Å². The fourth-order valence-corrected chi connectivity index (χ4v) is 4.00. The number of ether oxygens (including phenoxy) is 1. The van der Waals surface area contributed by atoms with Crippen molar-refractivity contribution in [3.8, 4) is 11.6 Å². The first kappa shape index (κ1) is 19.4. The summed E-state index contributed by atoms with van der Waals surface area (Å²) < 4.78 is 6.07. The standard InChI is InChI=1S/C23H21ClN6O/c24-17-6-2-7-18(14-17)29-10-12-30(13-11-29)22-20(25)23(28-15-27-22)31-19-8-1-4-16-5-3-9-26-21(16)19/h1-9,14-15H,10-13,25H2. The summed E-state index contributed by atoms with van der Waals surface area (Å²) >= 11 is 6.14. The second-order valence-corrected chi connectivity index (χ2v) is 7.74. The molecule has 0 radical (unpaired) electrons. The van der Waals surface area contributed by atoms with Gasteiger partial charge in [0, 0.05) is 48.5 Å². The molecule has 0 bridgehead atoms. The lowest BCUT2D eigenvalue weighted by atomic mass is 10.2. The molecular formula is C23H21ClN6O. The minimum atomic E-state index is 0.334. The lowest BCUT2D eigenvalue weighted by Gasteiger charge is -2.37. The van der Waals surface area contributed by atoms with E-state index in [4.69, 9.17) is 22.1 Å². The van der Waals surface area contributed by atoms with E-state index in [1.54, 1.807) is 6.20 Å². The highest BCUT2D eigenvalue weighted by atomic mass is 35.5. The van der Waals surface area contributed by atoms with Crippen molar-refractivity contribution >= 4 is 39.7 Å². The fourth-order valence-electron chi connectivity index (χ4n) is 3.82. The summed E-state index contributed by atoms with van der Waals surface area (Å²) in [6, 6.07) is 17.6. The molecule has 0 saturated carbocycles. The van der Waals surface area contributed by atoms with Gasteiger partial charge in [0.2, 0.25) is 5.88 Å². The Kier molecular flexibility index (Phi) is 5.18. The summed E-state index contributed by atoms with van der Waals surface area (Å²) in [5.41, 5.74) is 8.74. The number of benzene rings is 2. The SMILES string of the molecule is Nc1c(Oc2cccc3cccnc23)ncnc1N1CCN(c2cccc(Cl)c2)CC1. The van der Waals surface area contributed by atoms with Gasteiger partial charge in [0.15, 0.2) is 11.6 Å². The zero-order chi connectivity index (χ0) is 21.2. The summed E-state index contributed by atoms with van der Waals surface area (Å²) in [6.45, 7) is 3.24. The van der Waals surface area contributed by atoms with E-state index in [-0.39, 0.29) is 0 Å². The molecule has 5 rings (SSSR count). The van der Waals surface area contributed by atoms with Gasteiger partial charge in [-0.1, -0.05) is 35.9 Å². The summed E-state index contributed by atoms with van der Waals surface area (Å²) in [6.07, 6.45) is 3.23. The number of nitrogens with two attached hydrogens (primary N) is 1. The van der Waals surface area contributed by atoms with Crippen molar-refractivity contribution in [2.24, 2.45) is 0 Å². The largest absolute Gasteiger partial charge is 0.435 e. The Morgan fingerprint density at radius 2 is 1.65 bits per heavy atom. The van der Waals surface area contributed by atoms with Crippen LogP contribution >= 0.6 is 11.6 Å². The van der Waals surface area contributed by atoms with Crippen molar-refractivity contribution in [3.05, 3.63) is 72.1 Å². The van der Waals surface area contributed by atoms with Crippen LogP contribution in [-0.4, -0.2) is 41.1 Å². The summed E-state index contributed by atoms with van der Waals surface area (Å²) in [4.78, 5) is 17.6. The number of pyridine rings is 1. The molecule has 0 unspecified atom stereocenters. The van der Waals surface area contributed by atoms with Crippen LogP contribution in [0.15, 0.2) is 67.1 Å². The first-order chi connectivity index (χ1) is 15.2. The van der Waals surface area contributed by atoms with Crippen LogP contribution in [0.3, 0.4) is 0 Å². The molecule has 0 amide bonds. The highest BCUT2D eigenvalue weighted by Crippen LogP contribution is 2.34. The molecule has 2 aromatic carbocycles. The van der Waals surface area contributed by atoms with Gasteiger partial charge < -0.3 is 20.3 Å². The lowest BCUT2D eigenvalue weighted by molar-refractivity contribution is 0.468.